The minimum atomic E-state index is -4.67. The molecule has 0 bridgehead atoms. The first kappa shape index (κ1) is 49.9. The van der Waals surface area contributed by atoms with Crippen LogP contribution >= 0.6 is 7.82 Å². The number of aliphatic hydroxyl groups is 4. The summed E-state index contributed by atoms with van der Waals surface area (Å²) < 4.78 is 32.4. The highest BCUT2D eigenvalue weighted by atomic mass is 31.2. The molecule has 0 aliphatic carbocycles. The molecule has 2 unspecified atom stereocenters. The summed E-state index contributed by atoms with van der Waals surface area (Å²) in [5, 5.41) is 38.3. The molecular weight excluding hydrogens is 691 g/mol. The molecule has 0 spiro atoms. The first-order chi connectivity index (χ1) is 24.9. The van der Waals surface area contributed by atoms with E-state index in [9.17, 15) is 34.4 Å². The van der Waals surface area contributed by atoms with Gasteiger partial charge in [-0.25, -0.2) is 4.57 Å². The Balaban J connectivity index is 4.62. The average molecular weight is 761 g/mol. The van der Waals surface area contributed by atoms with Gasteiger partial charge in [-0.1, -0.05) is 134 Å². The minimum absolute atomic E-state index is 0.00805. The van der Waals surface area contributed by atoms with Crippen LogP contribution in [0.2, 0.25) is 0 Å². The minimum Gasteiger partial charge on any atom is -0.462 e. The molecule has 12 nitrogen and oxygen atoms in total. The lowest BCUT2D eigenvalue weighted by Gasteiger charge is -2.20. The van der Waals surface area contributed by atoms with Crippen LogP contribution in [-0.4, -0.2) is 88.1 Å². The van der Waals surface area contributed by atoms with E-state index in [-0.39, 0.29) is 12.8 Å². The van der Waals surface area contributed by atoms with Gasteiger partial charge in [-0.2, -0.15) is 0 Å². The van der Waals surface area contributed by atoms with Gasteiger partial charge in [-0.3, -0.25) is 18.6 Å². The lowest BCUT2D eigenvalue weighted by molar-refractivity contribution is -0.161. The van der Waals surface area contributed by atoms with E-state index < -0.39 is 70.6 Å². The molecule has 0 aliphatic rings. The van der Waals surface area contributed by atoms with E-state index in [4.69, 9.17) is 19.1 Å². The molecule has 0 radical (unpaired) electrons. The molecule has 302 valence electrons. The Morgan fingerprint density at radius 2 is 1.25 bits per heavy atom. The Morgan fingerprint density at radius 3 is 1.87 bits per heavy atom. The summed E-state index contributed by atoms with van der Waals surface area (Å²) in [6.07, 6.45) is 24.7. The van der Waals surface area contributed by atoms with E-state index in [1.165, 1.54) is 19.3 Å². The summed E-state index contributed by atoms with van der Waals surface area (Å²) in [6.45, 7) is 4.23. The third-order valence-corrected chi connectivity index (χ3v) is 9.19. The number of esters is 2. The number of hydrogen-bond donors (Lipinski definition) is 5. The molecule has 0 heterocycles. The monoisotopic (exact) mass is 760 g/mol. The lowest BCUT2D eigenvalue weighted by Crippen LogP contribution is -2.30. The van der Waals surface area contributed by atoms with Gasteiger partial charge in [0.05, 0.1) is 32.0 Å². The summed E-state index contributed by atoms with van der Waals surface area (Å²) in [7, 11) is -4.67. The van der Waals surface area contributed by atoms with Crippen molar-refractivity contribution in [2.75, 3.05) is 26.4 Å². The number of carbonyl (C=O) groups excluding carboxylic acids is 2. The molecule has 13 heteroatoms. The smallest absolute Gasteiger partial charge is 0.462 e. The van der Waals surface area contributed by atoms with Crippen LogP contribution in [0.4, 0.5) is 0 Å². The molecule has 0 rings (SSSR count). The second-order valence-electron chi connectivity index (χ2n) is 13.2. The first-order valence-electron chi connectivity index (χ1n) is 19.2. The van der Waals surface area contributed by atoms with E-state index >= 15 is 0 Å². The molecular formula is C39H69O12P. The van der Waals surface area contributed by atoms with Crippen LogP contribution in [-0.2, 0) is 32.7 Å². The Labute approximate surface area is 312 Å². The summed E-state index contributed by atoms with van der Waals surface area (Å²) in [6, 6.07) is 0. The predicted octanol–water partition coefficient (Wildman–Crippen LogP) is 7.18. The zero-order valence-electron chi connectivity index (χ0n) is 31.9. The number of rotatable bonds is 34. The van der Waals surface area contributed by atoms with Gasteiger partial charge >= 0.3 is 19.8 Å². The number of ether oxygens (including phenoxy) is 2. The summed E-state index contributed by atoms with van der Waals surface area (Å²) in [4.78, 5) is 34.8. The molecule has 0 aromatic rings. The molecule has 0 amide bonds. The van der Waals surface area contributed by atoms with Crippen molar-refractivity contribution in [2.24, 2.45) is 5.92 Å². The van der Waals surface area contributed by atoms with Crippen LogP contribution in [0.25, 0.3) is 0 Å². The van der Waals surface area contributed by atoms with Gasteiger partial charge in [0, 0.05) is 12.8 Å². The van der Waals surface area contributed by atoms with Crippen molar-refractivity contribution in [3.8, 4) is 0 Å². The molecule has 0 fully saturated rings. The zero-order valence-corrected chi connectivity index (χ0v) is 32.8. The van der Waals surface area contributed by atoms with Gasteiger partial charge in [-0.15, -0.1) is 0 Å². The maximum absolute atomic E-state index is 12.5. The normalized spacial score (nSPS) is 16.4. The van der Waals surface area contributed by atoms with Crippen LogP contribution in [0.1, 0.15) is 130 Å². The van der Waals surface area contributed by atoms with Crippen LogP contribution < -0.4 is 0 Å². The molecule has 0 saturated carbocycles. The molecule has 0 aromatic heterocycles. The van der Waals surface area contributed by atoms with Crippen molar-refractivity contribution < 1.29 is 58.0 Å². The van der Waals surface area contributed by atoms with E-state index in [1.54, 1.807) is 18.2 Å². The van der Waals surface area contributed by atoms with Crippen LogP contribution in [0.15, 0.2) is 48.6 Å². The molecule has 0 aromatic carbocycles. The van der Waals surface area contributed by atoms with Crippen molar-refractivity contribution in [3.63, 3.8) is 0 Å². The van der Waals surface area contributed by atoms with Crippen molar-refractivity contribution in [3.05, 3.63) is 48.6 Å². The first-order valence-corrected chi connectivity index (χ1v) is 20.7. The van der Waals surface area contributed by atoms with Gasteiger partial charge < -0.3 is 34.8 Å². The van der Waals surface area contributed by atoms with E-state index in [1.807, 2.05) is 30.4 Å². The zero-order chi connectivity index (χ0) is 38.9. The van der Waals surface area contributed by atoms with Crippen molar-refractivity contribution >= 4 is 19.8 Å². The molecule has 0 aliphatic heterocycles. The van der Waals surface area contributed by atoms with E-state index in [0.29, 0.717) is 25.7 Å². The fraction of sp³-hybridized carbons (Fsp3) is 0.744. The summed E-state index contributed by atoms with van der Waals surface area (Å²) in [5.74, 6) is -0.419. The lowest BCUT2D eigenvalue weighted by atomic mass is 10.00. The Hall–Kier alpha value is -2.15. The summed E-state index contributed by atoms with van der Waals surface area (Å²) >= 11 is 0. The highest BCUT2D eigenvalue weighted by Crippen LogP contribution is 2.43. The number of phosphoric acid groups is 1. The highest BCUT2D eigenvalue weighted by molar-refractivity contribution is 7.47. The quantitative estimate of drug-likeness (QED) is 0.0193. The maximum Gasteiger partial charge on any atom is 0.472 e. The van der Waals surface area contributed by atoms with Gasteiger partial charge in [0.2, 0.25) is 0 Å². The number of phosphoric ester groups is 1. The molecule has 6 atom stereocenters. The SMILES string of the molecule is CCCCC[C@H](O)/C=C/C=C\C/C=C\C=C\[C@H](O)CCCC(=O)OC[C@H](COP(=O)(O)OC[C@@H](O)CO)OC(=O)CCCCCCCCC(C)CC. The third-order valence-electron chi connectivity index (χ3n) is 8.23. The second kappa shape index (κ2) is 33.4. The third kappa shape index (κ3) is 32.5. The molecule has 52 heavy (non-hydrogen) atoms. The fourth-order valence-corrected chi connectivity index (χ4v) is 5.56. The number of hydrogen-bond acceptors (Lipinski definition) is 11. The van der Waals surface area contributed by atoms with E-state index in [2.05, 4.69) is 25.3 Å². The van der Waals surface area contributed by atoms with Gasteiger partial charge in [0.25, 0.3) is 0 Å². The van der Waals surface area contributed by atoms with Crippen LogP contribution in [0.3, 0.4) is 0 Å². The Morgan fingerprint density at radius 1 is 0.692 bits per heavy atom. The highest BCUT2D eigenvalue weighted by Gasteiger charge is 2.27. The number of aliphatic hydroxyl groups excluding tert-OH is 4. The number of allylic oxidation sites excluding steroid dienone is 6. The topological polar surface area (TPSA) is 189 Å². The Kier molecular flexibility index (Phi) is 32.0. The Bertz CT molecular complexity index is 1060. The van der Waals surface area contributed by atoms with Crippen molar-refractivity contribution in [2.45, 2.75) is 154 Å². The van der Waals surface area contributed by atoms with Gasteiger partial charge in [0.15, 0.2) is 6.10 Å². The van der Waals surface area contributed by atoms with Crippen molar-refractivity contribution in [1.82, 2.24) is 0 Å². The standard InChI is InChI=1S/C39H69O12P/c1-4-6-16-23-34(41)24-18-13-8-7-9-14-19-25-35(42)26-21-28-38(44)48-31-37(32-50-52(46,47)49-30-36(43)29-40)51-39(45)27-20-15-11-10-12-17-22-33(3)5-2/h8-9,13-14,18-19,24-25,33-37,40-43H,4-7,10-12,15-17,20-23,26-32H2,1-3H3,(H,46,47)/b13-8-,14-9-,24-18+,25-19+/t33?,34-,35-,36-,37+/m0/s1. The van der Waals surface area contributed by atoms with Gasteiger partial charge in [-0.05, 0) is 38.0 Å². The number of carbonyl (C=O) groups is 2. The van der Waals surface area contributed by atoms with E-state index in [0.717, 1.165) is 57.3 Å². The van der Waals surface area contributed by atoms with Gasteiger partial charge in [0.1, 0.15) is 12.7 Å². The van der Waals surface area contributed by atoms with Crippen LogP contribution in [0, 0.1) is 5.92 Å². The maximum atomic E-state index is 12.5. The fourth-order valence-electron chi connectivity index (χ4n) is 4.77. The van der Waals surface area contributed by atoms with Crippen LogP contribution in [0.5, 0.6) is 0 Å². The van der Waals surface area contributed by atoms with Crippen molar-refractivity contribution in [1.29, 1.82) is 0 Å². The summed E-state index contributed by atoms with van der Waals surface area (Å²) in [5.41, 5.74) is 0. The molecule has 0 saturated heterocycles. The number of unbranched alkanes of at least 4 members (excludes halogenated alkanes) is 7. The second-order valence-corrected chi connectivity index (χ2v) is 14.7. The average Bonchev–Trinajstić information content (AvgIpc) is 3.12. The predicted molar refractivity (Wildman–Crippen MR) is 203 cm³/mol. The largest absolute Gasteiger partial charge is 0.472 e. The molecule has 5 N–H and O–H groups in total.